The van der Waals surface area contributed by atoms with E-state index >= 15 is 0 Å². The van der Waals surface area contributed by atoms with Gasteiger partial charge in [0, 0.05) is 17.6 Å². The van der Waals surface area contributed by atoms with E-state index in [0.717, 1.165) is 35.6 Å². The molecule has 1 amide bonds. The van der Waals surface area contributed by atoms with Crippen LogP contribution in [0.2, 0.25) is 0 Å². The number of aromatic nitrogens is 2. The van der Waals surface area contributed by atoms with E-state index in [1.165, 1.54) is 17.4 Å². The van der Waals surface area contributed by atoms with Gasteiger partial charge in [-0.1, -0.05) is 50.3 Å². The number of carbonyl (C=O) groups excluding carboxylic acids is 1. The SMILES string of the molecule is CCCOc1ccccc1/C=C/C(=O)Nc1nnc(C(CC)CC)s1. The number of nitrogens with one attached hydrogen (secondary N) is 1. The molecule has 0 saturated heterocycles. The Bertz CT molecular complexity index is 708. The normalized spacial score (nSPS) is 11.2. The Labute approximate surface area is 153 Å². The minimum atomic E-state index is -0.224. The summed E-state index contributed by atoms with van der Waals surface area (Å²) in [5.41, 5.74) is 0.876. The fourth-order valence-electron chi connectivity index (χ4n) is 2.36. The molecule has 0 fully saturated rings. The van der Waals surface area contributed by atoms with Crippen LogP contribution < -0.4 is 10.1 Å². The lowest BCUT2D eigenvalue weighted by molar-refractivity contribution is -0.111. The smallest absolute Gasteiger partial charge is 0.250 e. The number of anilines is 1. The van der Waals surface area contributed by atoms with E-state index in [1.807, 2.05) is 24.3 Å². The third kappa shape index (κ3) is 5.67. The van der Waals surface area contributed by atoms with Gasteiger partial charge in [-0.05, 0) is 31.4 Å². The van der Waals surface area contributed by atoms with Gasteiger partial charge in [-0.25, -0.2) is 0 Å². The summed E-state index contributed by atoms with van der Waals surface area (Å²) in [6.45, 7) is 6.98. The number of rotatable bonds is 9. The van der Waals surface area contributed by atoms with Gasteiger partial charge in [0.25, 0.3) is 0 Å². The summed E-state index contributed by atoms with van der Waals surface area (Å²) in [5.74, 6) is 0.958. The first-order valence-electron chi connectivity index (χ1n) is 8.72. The second-order valence-electron chi connectivity index (χ2n) is 5.67. The van der Waals surface area contributed by atoms with Gasteiger partial charge in [-0.3, -0.25) is 10.1 Å². The van der Waals surface area contributed by atoms with Gasteiger partial charge in [0.2, 0.25) is 11.0 Å². The molecule has 1 aromatic carbocycles. The molecule has 1 aromatic heterocycles. The Morgan fingerprint density at radius 3 is 2.72 bits per heavy atom. The van der Waals surface area contributed by atoms with Crippen LogP contribution in [-0.2, 0) is 4.79 Å². The fraction of sp³-hybridized carbons (Fsp3) is 0.421. The van der Waals surface area contributed by atoms with Gasteiger partial charge >= 0.3 is 0 Å². The molecule has 134 valence electrons. The molecule has 0 atom stereocenters. The monoisotopic (exact) mass is 359 g/mol. The van der Waals surface area contributed by atoms with E-state index in [1.54, 1.807) is 6.08 Å². The largest absolute Gasteiger partial charge is 0.493 e. The Hall–Kier alpha value is -2.21. The molecule has 0 radical (unpaired) electrons. The van der Waals surface area contributed by atoms with Crippen LogP contribution in [0, 0.1) is 0 Å². The maximum atomic E-state index is 12.1. The highest BCUT2D eigenvalue weighted by molar-refractivity contribution is 7.15. The maximum absolute atomic E-state index is 12.1. The molecular formula is C19H25N3O2S. The number of ether oxygens (including phenoxy) is 1. The number of nitrogens with zero attached hydrogens (tertiary/aromatic N) is 2. The summed E-state index contributed by atoms with van der Waals surface area (Å²) in [4.78, 5) is 12.1. The Morgan fingerprint density at radius 1 is 1.24 bits per heavy atom. The number of amides is 1. The van der Waals surface area contributed by atoms with Crippen LogP contribution in [0.1, 0.15) is 56.5 Å². The minimum Gasteiger partial charge on any atom is -0.493 e. The van der Waals surface area contributed by atoms with Crippen molar-refractivity contribution in [3.05, 3.63) is 40.9 Å². The van der Waals surface area contributed by atoms with Crippen molar-refractivity contribution < 1.29 is 9.53 Å². The molecule has 0 spiro atoms. The zero-order valence-electron chi connectivity index (χ0n) is 15.0. The first-order chi connectivity index (χ1) is 12.2. The number of para-hydroxylation sites is 1. The van der Waals surface area contributed by atoms with E-state index in [0.29, 0.717) is 17.7 Å². The minimum absolute atomic E-state index is 0.224. The molecule has 6 heteroatoms. The van der Waals surface area contributed by atoms with Crippen molar-refractivity contribution in [2.24, 2.45) is 0 Å². The van der Waals surface area contributed by atoms with Gasteiger partial charge in [-0.2, -0.15) is 0 Å². The van der Waals surface area contributed by atoms with Crippen LogP contribution in [0.15, 0.2) is 30.3 Å². The van der Waals surface area contributed by atoms with E-state index in [2.05, 4.69) is 36.3 Å². The highest BCUT2D eigenvalue weighted by Crippen LogP contribution is 2.28. The van der Waals surface area contributed by atoms with Crippen molar-refractivity contribution >= 4 is 28.5 Å². The van der Waals surface area contributed by atoms with Crippen molar-refractivity contribution in [2.75, 3.05) is 11.9 Å². The van der Waals surface area contributed by atoms with Crippen molar-refractivity contribution in [1.29, 1.82) is 0 Å². The lowest BCUT2D eigenvalue weighted by atomic mass is 10.1. The summed E-state index contributed by atoms with van der Waals surface area (Å²) in [6, 6.07) is 7.66. The molecule has 25 heavy (non-hydrogen) atoms. The van der Waals surface area contributed by atoms with Crippen LogP contribution in [-0.4, -0.2) is 22.7 Å². The van der Waals surface area contributed by atoms with Crippen molar-refractivity contribution in [2.45, 2.75) is 46.0 Å². The first-order valence-corrected chi connectivity index (χ1v) is 9.53. The van der Waals surface area contributed by atoms with Gasteiger partial charge in [0.1, 0.15) is 10.8 Å². The Morgan fingerprint density at radius 2 is 2.00 bits per heavy atom. The zero-order chi connectivity index (χ0) is 18.1. The maximum Gasteiger partial charge on any atom is 0.250 e. The van der Waals surface area contributed by atoms with Crippen LogP contribution in [0.5, 0.6) is 5.75 Å². The third-order valence-corrected chi connectivity index (χ3v) is 4.80. The second kappa shape index (κ2) is 9.93. The highest BCUT2D eigenvalue weighted by Gasteiger charge is 2.13. The molecule has 1 heterocycles. The van der Waals surface area contributed by atoms with Gasteiger partial charge in [-0.15, -0.1) is 10.2 Å². The topological polar surface area (TPSA) is 64.1 Å². The average Bonchev–Trinajstić information content (AvgIpc) is 3.08. The molecular weight excluding hydrogens is 334 g/mol. The van der Waals surface area contributed by atoms with E-state index in [-0.39, 0.29) is 5.91 Å². The standard InChI is InChI=1S/C19H25N3O2S/c1-4-13-24-16-10-8-7-9-15(16)11-12-17(23)20-19-22-21-18(25-19)14(5-2)6-3/h7-12,14H,4-6,13H2,1-3H3,(H,20,22,23)/b12-11+. The molecule has 2 rings (SSSR count). The number of carbonyl (C=O) groups is 1. The summed E-state index contributed by atoms with van der Waals surface area (Å²) < 4.78 is 5.69. The number of hydrogen-bond acceptors (Lipinski definition) is 5. The lowest BCUT2D eigenvalue weighted by Gasteiger charge is -2.07. The number of benzene rings is 1. The van der Waals surface area contributed by atoms with E-state index in [4.69, 9.17) is 4.74 Å². The lowest BCUT2D eigenvalue weighted by Crippen LogP contribution is -2.07. The van der Waals surface area contributed by atoms with Gasteiger partial charge < -0.3 is 4.74 Å². The van der Waals surface area contributed by atoms with Crippen molar-refractivity contribution in [3.8, 4) is 5.75 Å². The van der Waals surface area contributed by atoms with Crippen LogP contribution in [0.4, 0.5) is 5.13 Å². The molecule has 0 aliphatic carbocycles. The molecule has 0 aliphatic rings. The predicted molar refractivity (Wildman–Crippen MR) is 103 cm³/mol. The molecule has 0 saturated carbocycles. The molecule has 0 bridgehead atoms. The van der Waals surface area contributed by atoms with Gasteiger partial charge in [0.05, 0.1) is 6.61 Å². The van der Waals surface area contributed by atoms with E-state index in [9.17, 15) is 4.79 Å². The molecule has 0 unspecified atom stereocenters. The van der Waals surface area contributed by atoms with Crippen LogP contribution >= 0.6 is 11.3 Å². The van der Waals surface area contributed by atoms with Crippen LogP contribution in [0.3, 0.4) is 0 Å². The Kier molecular flexibility index (Phi) is 7.60. The molecule has 2 aromatic rings. The summed E-state index contributed by atoms with van der Waals surface area (Å²) in [6.07, 6.45) is 6.23. The zero-order valence-corrected chi connectivity index (χ0v) is 15.8. The third-order valence-electron chi connectivity index (χ3n) is 3.80. The number of hydrogen-bond donors (Lipinski definition) is 1. The van der Waals surface area contributed by atoms with Crippen LogP contribution in [0.25, 0.3) is 6.08 Å². The second-order valence-corrected chi connectivity index (χ2v) is 6.68. The summed E-state index contributed by atoms with van der Waals surface area (Å²) >= 11 is 1.44. The van der Waals surface area contributed by atoms with Crippen molar-refractivity contribution in [1.82, 2.24) is 10.2 Å². The van der Waals surface area contributed by atoms with Crippen molar-refractivity contribution in [3.63, 3.8) is 0 Å². The first kappa shape index (κ1) is 19.1. The highest BCUT2D eigenvalue weighted by atomic mass is 32.1. The quantitative estimate of drug-likeness (QED) is 0.648. The molecule has 1 N–H and O–H groups in total. The molecule has 0 aliphatic heterocycles. The van der Waals surface area contributed by atoms with E-state index < -0.39 is 0 Å². The fourth-order valence-corrected chi connectivity index (χ4v) is 3.38. The average molecular weight is 359 g/mol. The van der Waals surface area contributed by atoms with Gasteiger partial charge in [0.15, 0.2) is 0 Å². The summed E-state index contributed by atoms with van der Waals surface area (Å²) in [7, 11) is 0. The Balaban J connectivity index is 1.99. The summed E-state index contributed by atoms with van der Waals surface area (Å²) in [5, 5.41) is 12.5. The predicted octanol–water partition coefficient (Wildman–Crippen LogP) is 4.88. The molecule has 5 nitrogen and oxygen atoms in total.